The molecule has 1 fully saturated rings. The summed E-state index contributed by atoms with van der Waals surface area (Å²) in [7, 11) is 2.06. The number of aliphatic hydroxyl groups excluding tert-OH is 1. The fourth-order valence-corrected chi connectivity index (χ4v) is 2.18. The molecule has 15 heavy (non-hydrogen) atoms. The van der Waals surface area contributed by atoms with Crippen molar-refractivity contribution in [3.05, 3.63) is 36.6 Å². The van der Waals surface area contributed by atoms with E-state index in [0.29, 0.717) is 5.92 Å². The molecule has 3 N–H and O–H groups in total. The van der Waals surface area contributed by atoms with E-state index in [9.17, 15) is 5.11 Å². The van der Waals surface area contributed by atoms with Gasteiger partial charge < -0.3 is 10.8 Å². The van der Waals surface area contributed by atoms with Crippen LogP contribution in [0.1, 0.15) is 6.42 Å². The van der Waals surface area contributed by atoms with Crippen LogP contribution in [0, 0.1) is 5.92 Å². The van der Waals surface area contributed by atoms with Gasteiger partial charge in [0, 0.05) is 18.6 Å². The van der Waals surface area contributed by atoms with Crippen LogP contribution in [-0.2, 0) is 0 Å². The predicted octanol–water partition coefficient (Wildman–Crippen LogP) is 0.884. The maximum absolute atomic E-state index is 9.29. The molecule has 0 saturated carbocycles. The number of rotatable bonds is 4. The Balaban J connectivity index is 2.82. The molecule has 0 spiro atoms. The third-order valence-corrected chi connectivity index (χ3v) is 2.97. The lowest BCUT2D eigenvalue weighted by Crippen LogP contribution is -2.32. The summed E-state index contributed by atoms with van der Waals surface area (Å²) in [5.41, 5.74) is 6.67. The van der Waals surface area contributed by atoms with Gasteiger partial charge in [0.25, 0.3) is 0 Å². The molecule has 0 bridgehead atoms. The lowest BCUT2D eigenvalue weighted by molar-refractivity contribution is 0.200. The van der Waals surface area contributed by atoms with Gasteiger partial charge in [-0.25, -0.2) is 0 Å². The van der Waals surface area contributed by atoms with Crippen molar-refractivity contribution in [1.29, 1.82) is 0 Å². The Morgan fingerprint density at radius 3 is 2.93 bits per heavy atom. The van der Waals surface area contributed by atoms with E-state index >= 15 is 0 Å². The second-order valence-electron chi connectivity index (χ2n) is 3.92. The van der Waals surface area contributed by atoms with E-state index < -0.39 is 0 Å². The minimum Gasteiger partial charge on any atom is -0.404 e. The summed E-state index contributed by atoms with van der Waals surface area (Å²) in [6.07, 6.45) is 8.21. The highest BCUT2D eigenvalue weighted by molar-refractivity contribution is 5.28. The van der Waals surface area contributed by atoms with E-state index in [1.807, 2.05) is 12.2 Å². The molecule has 3 nitrogen and oxygen atoms in total. The first-order valence-electron chi connectivity index (χ1n) is 5.26. The molecule has 2 unspecified atom stereocenters. The van der Waals surface area contributed by atoms with Crippen molar-refractivity contribution in [1.82, 2.24) is 4.90 Å². The lowest BCUT2D eigenvalue weighted by Gasteiger charge is -2.24. The van der Waals surface area contributed by atoms with E-state index in [1.54, 1.807) is 12.3 Å². The van der Waals surface area contributed by atoms with Gasteiger partial charge in [-0.05, 0) is 31.8 Å². The smallest absolute Gasteiger partial charge is 0.0478 e. The van der Waals surface area contributed by atoms with Crippen LogP contribution >= 0.6 is 0 Å². The molecule has 84 valence electrons. The maximum atomic E-state index is 9.29. The molecule has 1 rings (SSSR count). The molecule has 3 heteroatoms. The first kappa shape index (κ1) is 12.0. The van der Waals surface area contributed by atoms with Gasteiger partial charge in [0.05, 0.1) is 0 Å². The van der Waals surface area contributed by atoms with E-state index in [2.05, 4.69) is 18.5 Å². The van der Waals surface area contributed by atoms with Gasteiger partial charge in [-0.2, -0.15) is 0 Å². The Kier molecular flexibility index (Phi) is 4.59. The highest BCUT2D eigenvalue weighted by Crippen LogP contribution is 2.28. The van der Waals surface area contributed by atoms with Gasteiger partial charge in [0.2, 0.25) is 0 Å². The van der Waals surface area contributed by atoms with Crippen LogP contribution in [0.2, 0.25) is 0 Å². The van der Waals surface area contributed by atoms with Crippen LogP contribution in [-0.4, -0.2) is 36.2 Å². The zero-order valence-corrected chi connectivity index (χ0v) is 9.26. The summed E-state index contributed by atoms with van der Waals surface area (Å²) in [4.78, 5) is 2.23. The number of nitrogens with zero attached hydrogens (tertiary/aromatic N) is 1. The summed E-state index contributed by atoms with van der Waals surface area (Å²) in [5, 5.41) is 9.29. The van der Waals surface area contributed by atoms with Crippen molar-refractivity contribution in [3.8, 4) is 0 Å². The largest absolute Gasteiger partial charge is 0.404 e. The molecule has 2 atom stereocenters. The predicted molar refractivity (Wildman–Crippen MR) is 63.2 cm³/mol. The molecule has 1 aliphatic rings. The van der Waals surface area contributed by atoms with Crippen LogP contribution in [0.15, 0.2) is 36.6 Å². The summed E-state index contributed by atoms with van der Waals surface area (Å²) < 4.78 is 0. The first-order valence-corrected chi connectivity index (χ1v) is 5.26. The normalized spacial score (nSPS) is 28.8. The molecule has 0 radical (unpaired) electrons. The second kappa shape index (κ2) is 5.73. The van der Waals surface area contributed by atoms with Crippen molar-refractivity contribution in [3.63, 3.8) is 0 Å². The minimum absolute atomic E-state index is 0.217. The van der Waals surface area contributed by atoms with Gasteiger partial charge in [0.1, 0.15) is 0 Å². The average Bonchev–Trinajstić information content (AvgIpc) is 2.62. The van der Waals surface area contributed by atoms with E-state index in [0.717, 1.165) is 18.5 Å². The monoisotopic (exact) mass is 208 g/mol. The third kappa shape index (κ3) is 2.70. The molecular formula is C12H20N2O. The van der Waals surface area contributed by atoms with Crippen molar-refractivity contribution in [2.45, 2.75) is 12.5 Å². The van der Waals surface area contributed by atoms with Gasteiger partial charge in [-0.15, -0.1) is 0 Å². The zero-order valence-electron chi connectivity index (χ0n) is 9.26. The highest BCUT2D eigenvalue weighted by Gasteiger charge is 2.32. The van der Waals surface area contributed by atoms with E-state index in [1.165, 1.54) is 0 Å². The summed E-state index contributed by atoms with van der Waals surface area (Å²) >= 11 is 0. The second-order valence-corrected chi connectivity index (χ2v) is 3.92. The summed E-state index contributed by atoms with van der Waals surface area (Å²) in [6.45, 7) is 4.86. The quantitative estimate of drug-likeness (QED) is 0.674. The molecule has 0 aromatic heterocycles. The fourth-order valence-electron chi connectivity index (χ4n) is 2.18. The zero-order chi connectivity index (χ0) is 11.3. The lowest BCUT2D eigenvalue weighted by atomic mass is 9.94. The van der Waals surface area contributed by atoms with Crippen molar-refractivity contribution >= 4 is 0 Å². The number of hydrogen-bond donors (Lipinski definition) is 2. The van der Waals surface area contributed by atoms with Crippen LogP contribution in [0.25, 0.3) is 0 Å². The molecule has 0 aromatic carbocycles. The van der Waals surface area contributed by atoms with E-state index in [4.69, 9.17) is 5.73 Å². The summed E-state index contributed by atoms with van der Waals surface area (Å²) in [5.74, 6) is 0.291. The minimum atomic E-state index is 0.217. The van der Waals surface area contributed by atoms with Gasteiger partial charge in [-0.1, -0.05) is 24.8 Å². The standard InChI is InChI=1S/C12H20N2O/c1-3-4-5-10(8-13)12-11(9-15)6-7-14(12)2/h3-5,8,11-12,15H,1,6-7,9,13H2,2H3/b5-4-,10-8+. The Morgan fingerprint density at radius 2 is 2.40 bits per heavy atom. The SMILES string of the molecule is C=C/C=C\C(=C/N)C1C(CO)CCN1C. The molecule has 1 saturated heterocycles. The summed E-state index contributed by atoms with van der Waals surface area (Å²) in [6, 6.07) is 0.233. The Bertz CT molecular complexity index is 271. The van der Waals surface area contributed by atoms with Crippen molar-refractivity contribution in [2.75, 3.05) is 20.2 Å². The maximum Gasteiger partial charge on any atom is 0.0478 e. The van der Waals surface area contributed by atoms with Crippen LogP contribution in [0.4, 0.5) is 0 Å². The van der Waals surface area contributed by atoms with Gasteiger partial charge in [0.15, 0.2) is 0 Å². The Morgan fingerprint density at radius 1 is 1.67 bits per heavy atom. The number of likely N-dealkylation sites (N-methyl/N-ethyl adjacent to an activating group) is 1. The van der Waals surface area contributed by atoms with Crippen molar-refractivity contribution < 1.29 is 5.11 Å². The molecule has 0 aromatic rings. The topological polar surface area (TPSA) is 49.5 Å². The number of allylic oxidation sites excluding steroid dienone is 2. The van der Waals surface area contributed by atoms with Crippen LogP contribution < -0.4 is 5.73 Å². The molecular weight excluding hydrogens is 188 g/mol. The molecule has 1 heterocycles. The Hall–Kier alpha value is -1.06. The Labute approximate surface area is 91.6 Å². The average molecular weight is 208 g/mol. The molecule has 0 aliphatic carbocycles. The number of aliphatic hydroxyl groups is 1. The highest BCUT2D eigenvalue weighted by atomic mass is 16.3. The first-order chi connectivity index (χ1) is 7.24. The number of nitrogens with two attached hydrogens (primary N) is 1. The number of likely N-dealkylation sites (tertiary alicyclic amines) is 1. The number of hydrogen-bond acceptors (Lipinski definition) is 3. The molecule has 0 amide bonds. The van der Waals surface area contributed by atoms with E-state index in [-0.39, 0.29) is 12.6 Å². The van der Waals surface area contributed by atoms with Crippen molar-refractivity contribution in [2.24, 2.45) is 11.7 Å². The van der Waals surface area contributed by atoms with Gasteiger partial charge in [-0.3, -0.25) is 4.90 Å². The van der Waals surface area contributed by atoms with Gasteiger partial charge >= 0.3 is 0 Å². The molecule has 1 aliphatic heterocycles. The van der Waals surface area contributed by atoms with Crippen LogP contribution in [0.5, 0.6) is 0 Å². The fraction of sp³-hybridized carbons (Fsp3) is 0.500. The third-order valence-electron chi connectivity index (χ3n) is 2.97. The van der Waals surface area contributed by atoms with Crippen LogP contribution in [0.3, 0.4) is 0 Å².